The Morgan fingerprint density at radius 2 is 1.86 bits per heavy atom. The molecule has 1 heterocycles. The maximum absolute atomic E-state index is 12.7. The van der Waals surface area contributed by atoms with Crippen LogP contribution < -0.4 is 10.1 Å². The SMILES string of the molecule is CCCCCOc1ccccc1NC(=O)OC(CN(CC)CC)CN1CCCC1. The fraction of sp³-hybridized carbons (Fsp3) is 0.696. The molecule has 1 aromatic rings. The highest BCUT2D eigenvalue weighted by atomic mass is 16.6. The van der Waals surface area contributed by atoms with Gasteiger partial charge in [-0.3, -0.25) is 10.2 Å². The highest BCUT2D eigenvalue weighted by molar-refractivity contribution is 5.86. The minimum atomic E-state index is -0.411. The first-order chi connectivity index (χ1) is 14.2. The van der Waals surface area contributed by atoms with E-state index in [1.807, 2.05) is 24.3 Å². The molecule has 6 heteroatoms. The number of carbonyl (C=O) groups excluding carboxylic acids is 1. The molecule has 0 aliphatic carbocycles. The van der Waals surface area contributed by atoms with E-state index in [0.29, 0.717) is 18.0 Å². The average molecular weight is 406 g/mol. The topological polar surface area (TPSA) is 54.0 Å². The molecule has 1 N–H and O–H groups in total. The van der Waals surface area contributed by atoms with Gasteiger partial charge in [0, 0.05) is 13.1 Å². The molecule has 1 aliphatic rings. The van der Waals surface area contributed by atoms with Gasteiger partial charge in [-0.1, -0.05) is 45.7 Å². The second kappa shape index (κ2) is 13.4. The van der Waals surface area contributed by atoms with Crippen LogP contribution in [0.15, 0.2) is 24.3 Å². The first-order valence-electron chi connectivity index (χ1n) is 11.3. The first kappa shape index (κ1) is 23.5. The summed E-state index contributed by atoms with van der Waals surface area (Å²) < 4.78 is 11.7. The Kier molecular flexibility index (Phi) is 10.9. The standard InChI is InChI=1S/C23H39N3O3/c1-4-7-12-17-28-22-14-9-8-13-21(22)24-23(27)29-20(18-25(5-2)6-3)19-26-15-10-11-16-26/h8-9,13-14,20H,4-7,10-12,15-19H2,1-3H3,(H,24,27). The molecule has 1 atom stereocenters. The van der Waals surface area contributed by atoms with E-state index in [9.17, 15) is 4.79 Å². The van der Waals surface area contributed by atoms with Gasteiger partial charge < -0.3 is 14.4 Å². The third kappa shape index (κ3) is 8.62. The number of para-hydroxylation sites is 2. The zero-order valence-electron chi connectivity index (χ0n) is 18.5. The molecule has 0 aromatic heterocycles. The van der Waals surface area contributed by atoms with E-state index >= 15 is 0 Å². The molecule has 1 saturated heterocycles. The van der Waals surface area contributed by atoms with E-state index in [2.05, 4.69) is 35.9 Å². The quantitative estimate of drug-likeness (QED) is 0.486. The summed E-state index contributed by atoms with van der Waals surface area (Å²) in [5.74, 6) is 0.695. The van der Waals surface area contributed by atoms with Crippen LogP contribution in [0.2, 0.25) is 0 Å². The molecular formula is C23H39N3O3. The van der Waals surface area contributed by atoms with Gasteiger partial charge in [0.05, 0.1) is 12.3 Å². The number of benzene rings is 1. The Bertz CT molecular complexity index is 582. The van der Waals surface area contributed by atoms with E-state index in [1.165, 1.54) is 12.8 Å². The number of unbranched alkanes of at least 4 members (excludes halogenated alkanes) is 2. The molecule has 0 saturated carbocycles. The molecule has 0 spiro atoms. The Hall–Kier alpha value is -1.79. The van der Waals surface area contributed by atoms with Gasteiger partial charge >= 0.3 is 6.09 Å². The third-order valence-corrected chi connectivity index (χ3v) is 5.42. The summed E-state index contributed by atoms with van der Waals surface area (Å²) in [5, 5.41) is 2.89. The lowest BCUT2D eigenvalue weighted by Crippen LogP contribution is -2.42. The number of likely N-dealkylation sites (tertiary alicyclic amines) is 1. The molecule has 29 heavy (non-hydrogen) atoms. The summed E-state index contributed by atoms with van der Waals surface area (Å²) >= 11 is 0. The zero-order valence-corrected chi connectivity index (χ0v) is 18.5. The summed E-state index contributed by atoms with van der Waals surface area (Å²) in [6, 6.07) is 7.56. The summed E-state index contributed by atoms with van der Waals surface area (Å²) in [6.07, 6.45) is 5.20. The highest BCUT2D eigenvalue weighted by Crippen LogP contribution is 2.24. The minimum absolute atomic E-state index is 0.148. The highest BCUT2D eigenvalue weighted by Gasteiger charge is 2.23. The number of nitrogens with one attached hydrogen (secondary N) is 1. The number of nitrogens with zero attached hydrogens (tertiary/aromatic N) is 2. The number of carbonyl (C=O) groups is 1. The van der Waals surface area contributed by atoms with Crippen molar-refractivity contribution >= 4 is 11.8 Å². The Balaban J connectivity index is 1.94. The zero-order chi connectivity index (χ0) is 20.9. The molecule has 0 bridgehead atoms. The maximum atomic E-state index is 12.7. The van der Waals surface area contributed by atoms with E-state index in [4.69, 9.17) is 9.47 Å². The Labute approximate surface area is 176 Å². The average Bonchev–Trinajstić information content (AvgIpc) is 3.23. The molecule has 1 amide bonds. The van der Waals surface area contributed by atoms with Gasteiger partial charge in [0.15, 0.2) is 0 Å². The van der Waals surface area contributed by atoms with Crippen LogP contribution in [-0.4, -0.2) is 67.9 Å². The van der Waals surface area contributed by atoms with Crippen LogP contribution >= 0.6 is 0 Å². The minimum Gasteiger partial charge on any atom is -0.491 e. The van der Waals surface area contributed by atoms with Crippen molar-refractivity contribution in [2.24, 2.45) is 0 Å². The van der Waals surface area contributed by atoms with Crippen LogP contribution in [0.5, 0.6) is 5.75 Å². The van der Waals surface area contributed by atoms with E-state index in [1.54, 1.807) is 0 Å². The van der Waals surface area contributed by atoms with Crippen molar-refractivity contribution < 1.29 is 14.3 Å². The predicted octanol–water partition coefficient (Wildman–Crippen LogP) is 4.61. The van der Waals surface area contributed by atoms with Crippen molar-refractivity contribution in [1.29, 1.82) is 0 Å². The van der Waals surface area contributed by atoms with Crippen molar-refractivity contribution in [3.05, 3.63) is 24.3 Å². The van der Waals surface area contributed by atoms with Crippen molar-refractivity contribution in [2.75, 3.05) is 51.2 Å². The van der Waals surface area contributed by atoms with Crippen LogP contribution in [0, 0.1) is 0 Å². The smallest absolute Gasteiger partial charge is 0.412 e. The molecule has 1 fully saturated rings. The number of ether oxygens (including phenoxy) is 2. The summed E-state index contributed by atoms with van der Waals surface area (Å²) in [5.41, 5.74) is 0.664. The van der Waals surface area contributed by atoms with Gasteiger partial charge in [0.1, 0.15) is 11.9 Å². The molecule has 164 valence electrons. The number of amides is 1. The van der Waals surface area contributed by atoms with Gasteiger partial charge in [-0.05, 0) is 57.6 Å². The summed E-state index contributed by atoms with van der Waals surface area (Å²) in [7, 11) is 0. The van der Waals surface area contributed by atoms with Gasteiger partial charge in [0.25, 0.3) is 0 Å². The van der Waals surface area contributed by atoms with Gasteiger partial charge in [-0.2, -0.15) is 0 Å². The second-order valence-corrected chi connectivity index (χ2v) is 7.70. The largest absolute Gasteiger partial charge is 0.491 e. The summed E-state index contributed by atoms with van der Waals surface area (Å²) in [4.78, 5) is 17.4. The van der Waals surface area contributed by atoms with Crippen molar-refractivity contribution in [3.8, 4) is 5.75 Å². The van der Waals surface area contributed by atoms with Gasteiger partial charge in [-0.25, -0.2) is 4.79 Å². The van der Waals surface area contributed by atoms with Gasteiger partial charge in [0.2, 0.25) is 0 Å². The fourth-order valence-corrected chi connectivity index (χ4v) is 3.68. The number of rotatable bonds is 13. The molecule has 1 unspecified atom stereocenters. The first-order valence-corrected chi connectivity index (χ1v) is 11.3. The molecule has 1 aromatic carbocycles. The lowest BCUT2D eigenvalue weighted by molar-refractivity contribution is 0.0604. The third-order valence-electron chi connectivity index (χ3n) is 5.42. The monoisotopic (exact) mass is 405 g/mol. The van der Waals surface area contributed by atoms with Crippen molar-refractivity contribution in [1.82, 2.24) is 9.80 Å². The van der Waals surface area contributed by atoms with E-state index < -0.39 is 6.09 Å². The number of hydrogen-bond donors (Lipinski definition) is 1. The van der Waals surface area contributed by atoms with Crippen LogP contribution in [0.25, 0.3) is 0 Å². The maximum Gasteiger partial charge on any atom is 0.412 e. The van der Waals surface area contributed by atoms with Crippen molar-refractivity contribution in [3.63, 3.8) is 0 Å². The number of hydrogen-bond acceptors (Lipinski definition) is 5. The van der Waals surface area contributed by atoms with Crippen LogP contribution in [-0.2, 0) is 4.74 Å². The Morgan fingerprint density at radius 1 is 1.14 bits per heavy atom. The molecule has 0 radical (unpaired) electrons. The van der Waals surface area contributed by atoms with Gasteiger partial charge in [-0.15, -0.1) is 0 Å². The van der Waals surface area contributed by atoms with Crippen LogP contribution in [0.4, 0.5) is 10.5 Å². The van der Waals surface area contributed by atoms with Crippen LogP contribution in [0.3, 0.4) is 0 Å². The Morgan fingerprint density at radius 3 is 2.55 bits per heavy atom. The van der Waals surface area contributed by atoms with Crippen LogP contribution in [0.1, 0.15) is 52.9 Å². The number of likely N-dealkylation sites (N-methyl/N-ethyl adjacent to an activating group) is 1. The molecule has 1 aliphatic heterocycles. The normalized spacial score (nSPS) is 15.4. The lowest BCUT2D eigenvalue weighted by Gasteiger charge is -2.28. The molecule has 2 rings (SSSR count). The summed E-state index contributed by atoms with van der Waals surface area (Å²) in [6.45, 7) is 12.7. The lowest BCUT2D eigenvalue weighted by atomic mass is 10.2. The van der Waals surface area contributed by atoms with E-state index in [0.717, 1.165) is 58.5 Å². The second-order valence-electron chi connectivity index (χ2n) is 7.70. The fourth-order valence-electron chi connectivity index (χ4n) is 3.68. The molecule has 6 nitrogen and oxygen atoms in total. The van der Waals surface area contributed by atoms with E-state index in [-0.39, 0.29) is 6.10 Å². The predicted molar refractivity (Wildman–Crippen MR) is 119 cm³/mol. The van der Waals surface area contributed by atoms with Crippen molar-refractivity contribution in [2.45, 2.75) is 59.0 Å². The number of anilines is 1. The molecular weight excluding hydrogens is 366 g/mol.